The molecule has 0 aromatic heterocycles. The van der Waals surface area contributed by atoms with Crippen LogP contribution in [0, 0.1) is 6.07 Å². The summed E-state index contributed by atoms with van der Waals surface area (Å²) in [5, 5.41) is 2.51. The smallest absolute Gasteiger partial charge is 0.0677 e. The van der Waals surface area contributed by atoms with Crippen molar-refractivity contribution in [1.82, 2.24) is 0 Å². The van der Waals surface area contributed by atoms with Crippen LogP contribution in [0.3, 0.4) is 0 Å². The zero-order valence-electron chi connectivity index (χ0n) is 8.60. The monoisotopic (exact) mass is 284 g/mol. The summed E-state index contributed by atoms with van der Waals surface area (Å²) in [6.45, 7) is 0. The van der Waals surface area contributed by atoms with Crippen LogP contribution in [0.25, 0.3) is 11.1 Å². The molecule has 0 spiro atoms. The third kappa shape index (κ3) is 3.00. The molecule has 0 aliphatic heterocycles. The number of benzene rings is 2. The first-order valence-electron chi connectivity index (χ1n) is 4.61. The first-order valence-corrected chi connectivity index (χ1v) is 4.61. The normalized spacial score (nSPS) is 9.00. The zero-order chi connectivity index (χ0) is 10.5. The maximum Gasteiger partial charge on any atom is 0.0677 e. The fourth-order valence-electron chi connectivity index (χ4n) is 1.45. The van der Waals surface area contributed by atoms with Crippen molar-refractivity contribution in [2.45, 2.75) is 0 Å². The number of amides is 1. The Hall–Kier alpha value is -0.986. The Morgan fingerprint density at radius 1 is 1.06 bits per heavy atom. The van der Waals surface area contributed by atoms with Gasteiger partial charge in [0.15, 0.2) is 0 Å². The molecule has 2 aromatic carbocycles. The number of hydrogen-bond acceptors (Lipinski definition) is 1. The van der Waals surface area contributed by atoms with Crippen LogP contribution in [-0.4, -0.2) is 6.41 Å². The standard InChI is InChI=1S/C13H9NO.Y/c15-10-14-13-9-5-4-8-12(13)11-6-2-1-3-7-11;/h1-8H,(H,14,15);/q-2;. The SMILES string of the molecule is O=[C-]Nc1[c-]cccc1-c1ccccc1.[Y]. The van der Waals surface area contributed by atoms with E-state index in [-0.39, 0.29) is 32.7 Å². The summed E-state index contributed by atoms with van der Waals surface area (Å²) in [6, 6.07) is 18.4. The van der Waals surface area contributed by atoms with Gasteiger partial charge in [0.05, 0.1) is 6.41 Å². The molecule has 0 saturated heterocycles. The van der Waals surface area contributed by atoms with Gasteiger partial charge in [-0.25, -0.2) is 5.69 Å². The minimum Gasteiger partial charge on any atom is -0.511 e. The number of rotatable bonds is 3. The Kier molecular flexibility index (Phi) is 5.37. The predicted octanol–water partition coefficient (Wildman–Crippen LogP) is 2.63. The van der Waals surface area contributed by atoms with Crippen molar-refractivity contribution in [2.24, 2.45) is 0 Å². The topological polar surface area (TPSA) is 29.1 Å². The van der Waals surface area contributed by atoms with Crippen LogP contribution in [0.4, 0.5) is 5.69 Å². The quantitative estimate of drug-likeness (QED) is 0.681. The molecule has 0 heterocycles. The summed E-state index contributed by atoms with van der Waals surface area (Å²) in [4.78, 5) is 10.3. The van der Waals surface area contributed by atoms with E-state index in [4.69, 9.17) is 0 Å². The molecule has 0 aliphatic carbocycles. The van der Waals surface area contributed by atoms with E-state index in [9.17, 15) is 4.79 Å². The van der Waals surface area contributed by atoms with Gasteiger partial charge < -0.3 is 10.1 Å². The number of nitrogens with one attached hydrogen (secondary N) is 1. The van der Waals surface area contributed by atoms with Crippen molar-refractivity contribution in [3.8, 4) is 11.1 Å². The van der Waals surface area contributed by atoms with E-state index >= 15 is 0 Å². The molecular weight excluding hydrogens is 275 g/mol. The predicted molar refractivity (Wildman–Crippen MR) is 60.0 cm³/mol. The Bertz CT molecular complexity index is 456. The Balaban J connectivity index is 0.00000128. The Morgan fingerprint density at radius 3 is 2.50 bits per heavy atom. The van der Waals surface area contributed by atoms with Gasteiger partial charge in [-0.05, 0) is 0 Å². The molecule has 1 N–H and O–H groups in total. The van der Waals surface area contributed by atoms with E-state index in [0.29, 0.717) is 5.69 Å². The molecule has 3 heteroatoms. The Labute approximate surface area is 120 Å². The van der Waals surface area contributed by atoms with Gasteiger partial charge in [0.25, 0.3) is 0 Å². The number of para-hydroxylation sites is 1. The second kappa shape index (κ2) is 6.56. The van der Waals surface area contributed by atoms with Crippen LogP contribution in [0.2, 0.25) is 0 Å². The summed E-state index contributed by atoms with van der Waals surface area (Å²) >= 11 is 0. The molecule has 2 nitrogen and oxygen atoms in total. The summed E-state index contributed by atoms with van der Waals surface area (Å²) in [5.74, 6) is 0. The third-order valence-corrected chi connectivity index (χ3v) is 2.12. The third-order valence-electron chi connectivity index (χ3n) is 2.12. The van der Waals surface area contributed by atoms with Crippen LogP contribution in [0.15, 0.2) is 48.5 Å². The van der Waals surface area contributed by atoms with Crippen LogP contribution in [0.5, 0.6) is 0 Å². The molecule has 0 saturated carbocycles. The van der Waals surface area contributed by atoms with Gasteiger partial charge in [-0.2, -0.15) is 23.8 Å². The molecule has 1 radical (unpaired) electrons. The number of anilines is 1. The van der Waals surface area contributed by atoms with Crippen molar-refractivity contribution in [3.63, 3.8) is 0 Å². The van der Waals surface area contributed by atoms with Gasteiger partial charge >= 0.3 is 0 Å². The van der Waals surface area contributed by atoms with Crippen molar-refractivity contribution in [3.05, 3.63) is 54.6 Å². The largest absolute Gasteiger partial charge is 0.511 e. The van der Waals surface area contributed by atoms with E-state index in [1.807, 2.05) is 42.5 Å². The molecular formula is C13H9NOY-2. The first-order chi connectivity index (χ1) is 7.42. The molecule has 16 heavy (non-hydrogen) atoms. The van der Waals surface area contributed by atoms with Gasteiger partial charge in [0, 0.05) is 32.7 Å². The van der Waals surface area contributed by atoms with Crippen LogP contribution < -0.4 is 5.32 Å². The molecule has 0 unspecified atom stereocenters. The van der Waals surface area contributed by atoms with Crippen LogP contribution in [-0.2, 0) is 37.5 Å². The maximum absolute atomic E-state index is 10.3. The summed E-state index contributed by atoms with van der Waals surface area (Å²) in [7, 11) is 0. The molecule has 2 aromatic rings. The van der Waals surface area contributed by atoms with Gasteiger partial charge in [-0.3, -0.25) is 6.07 Å². The van der Waals surface area contributed by atoms with E-state index in [0.717, 1.165) is 11.1 Å². The molecule has 0 aliphatic rings. The number of hydrogen-bond donors (Lipinski definition) is 1. The average molecular weight is 284 g/mol. The summed E-state index contributed by atoms with van der Waals surface area (Å²) in [5.41, 5.74) is 2.65. The fourth-order valence-corrected chi connectivity index (χ4v) is 1.45. The average Bonchev–Trinajstić information content (AvgIpc) is 2.31. The summed E-state index contributed by atoms with van der Waals surface area (Å²) < 4.78 is 0. The minimum absolute atomic E-state index is 0. The summed E-state index contributed by atoms with van der Waals surface area (Å²) in [6.07, 6.45) is 1.66. The van der Waals surface area contributed by atoms with Gasteiger partial charge in [-0.15, -0.1) is 0 Å². The van der Waals surface area contributed by atoms with Crippen molar-refractivity contribution < 1.29 is 37.5 Å². The molecule has 2 rings (SSSR count). The second-order valence-corrected chi connectivity index (χ2v) is 3.05. The van der Waals surface area contributed by atoms with Crippen molar-refractivity contribution >= 4 is 12.1 Å². The van der Waals surface area contributed by atoms with Crippen LogP contribution >= 0.6 is 0 Å². The molecule has 0 bridgehead atoms. The van der Waals surface area contributed by atoms with Crippen LogP contribution in [0.1, 0.15) is 0 Å². The van der Waals surface area contributed by atoms with E-state index in [1.54, 1.807) is 12.5 Å². The van der Waals surface area contributed by atoms with Gasteiger partial charge in [-0.1, -0.05) is 35.9 Å². The van der Waals surface area contributed by atoms with Gasteiger partial charge in [0.2, 0.25) is 0 Å². The van der Waals surface area contributed by atoms with E-state index in [1.165, 1.54) is 0 Å². The molecule has 0 fully saturated rings. The Morgan fingerprint density at radius 2 is 1.81 bits per heavy atom. The zero-order valence-corrected chi connectivity index (χ0v) is 11.4. The maximum atomic E-state index is 10.3. The van der Waals surface area contributed by atoms with Gasteiger partial charge in [0.1, 0.15) is 0 Å². The van der Waals surface area contributed by atoms with Crippen molar-refractivity contribution in [1.29, 1.82) is 0 Å². The number of carbonyl (C=O) groups excluding carboxylic acids is 1. The van der Waals surface area contributed by atoms with E-state index < -0.39 is 0 Å². The molecule has 77 valence electrons. The van der Waals surface area contributed by atoms with E-state index in [2.05, 4.69) is 11.4 Å². The fraction of sp³-hybridized carbons (Fsp3) is 0. The molecule has 0 atom stereocenters. The second-order valence-electron chi connectivity index (χ2n) is 3.05. The van der Waals surface area contributed by atoms with Crippen molar-refractivity contribution in [2.75, 3.05) is 5.32 Å². The minimum atomic E-state index is 0. The first kappa shape index (κ1) is 13.1. The molecule has 1 amide bonds.